The number of carbonyl (C=O) groups excluding carboxylic acids is 1. The van der Waals surface area contributed by atoms with Crippen molar-refractivity contribution in [3.05, 3.63) is 29.8 Å². The van der Waals surface area contributed by atoms with E-state index in [0.717, 1.165) is 37.1 Å². The van der Waals surface area contributed by atoms with Crippen molar-refractivity contribution in [1.82, 2.24) is 10.6 Å². The third-order valence-electron chi connectivity index (χ3n) is 3.48. The van der Waals surface area contributed by atoms with Gasteiger partial charge in [-0.1, -0.05) is 31.9 Å². The highest BCUT2D eigenvalue weighted by Gasteiger charge is 2.16. The summed E-state index contributed by atoms with van der Waals surface area (Å²) < 4.78 is 5.63. The Morgan fingerprint density at radius 1 is 1.18 bits per heavy atom. The Labute approximate surface area is 134 Å². The third-order valence-corrected chi connectivity index (χ3v) is 3.48. The molecule has 1 amide bonds. The summed E-state index contributed by atoms with van der Waals surface area (Å²) in [6, 6.07) is 7.76. The molecule has 0 bridgehead atoms. The smallest absolute Gasteiger partial charge is 0.237 e. The average molecular weight is 306 g/mol. The Balaban J connectivity index is 2.49. The molecule has 0 aliphatic carbocycles. The highest BCUT2D eigenvalue weighted by atomic mass is 16.5. The number of likely N-dealkylation sites (N-methyl/N-ethyl adjacent to an activating group) is 1. The molecule has 0 aliphatic rings. The first-order valence-electron chi connectivity index (χ1n) is 8.27. The van der Waals surface area contributed by atoms with E-state index < -0.39 is 0 Å². The van der Waals surface area contributed by atoms with Gasteiger partial charge in [0.25, 0.3) is 0 Å². The molecule has 22 heavy (non-hydrogen) atoms. The molecule has 124 valence electrons. The monoisotopic (exact) mass is 306 g/mol. The van der Waals surface area contributed by atoms with Gasteiger partial charge in [-0.25, -0.2) is 0 Å². The molecule has 0 heterocycles. The van der Waals surface area contributed by atoms with Crippen LogP contribution in [0.5, 0.6) is 5.75 Å². The van der Waals surface area contributed by atoms with Gasteiger partial charge in [0, 0.05) is 6.54 Å². The zero-order chi connectivity index (χ0) is 16.4. The van der Waals surface area contributed by atoms with Crippen molar-refractivity contribution in [3.8, 4) is 5.75 Å². The van der Waals surface area contributed by atoms with Gasteiger partial charge in [-0.05, 0) is 51.4 Å². The maximum absolute atomic E-state index is 12.2. The van der Waals surface area contributed by atoms with E-state index in [0.29, 0.717) is 6.42 Å². The second-order valence-electron chi connectivity index (χ2n) is 5.85. The summed E-state index contributed by atoms with van der Waals surface area (Å²) in [5.74, 6) is 0.935. The van der Waals surface area contributed by atoms with Gasteiger partial charge in [0.2, 0.25) is 5.91 Å². The van der Waals surface area contributed by atoms with Gasteiger partial charge in [-0.2, -0.15) is 0 Å². The number of unbranched alkanes of at least 4 members (excludes halogenated alkanes) is 2. The minimum atomic E-state index is -0.196. The number of hydrogen-bond acceptors (Lipinski definition) is 3. The molecule has 2 N–H and O–H groups in total. The van der Waals surface area contributed by atoms with Crippen LogP contribution in [0.4, 0.5) is 0 Å². The number of benzene rings is 1. The van der Waals surface area contributed by atoms with Crippen molar-refractivity contribution in [2.75, 3.05) is 13.6 Å². The van der Waals surface area contributed by atoms with Gasteiger partial charge in [0.1, 0.15) is 5.75 Å². The zero-order valence-corrected chi connectivity index (χ0v) is 14.3. The molecule has 0 radical (unpaired) electrons. The minimum absolute atomic E-state index is 0.0705. The van der Waals surface area contributed by atoms with E-state index in [4.69, 9.17) is 4.74 Å². The largest absolute Gasteiger partial charge is 0.491 e. The minimum Gasteiger partial charge on any atom is -0.491 e. The molecule has 0 spiro atoms. The lowest BCUT2D eigenvalue weighted by atomic mass is 10.1. The number of rotatable bonds is 10. The Hall–Kier alpha value is -1.55. The van der Waals surface area contributed by atoms with Crippen LogP contribution in [0.2, 0.25) is 0 Å². The molecule has 4 nitrogen and oxygen atoms in total. The summed E-state index contributed by atoms with van der Waals surface area (Å²) in [5.41, 5.74) is 1.12. The van der Waals surface area contributed by atoms with Crippen LogP contribution in [-0.2, 0) is 11.2 Å². The lowest BCUT2D eigenvalue weighted by Crippen LogP contribution is -2.44. The van der Waals surface area contributed by atoms with E-state index in [1.807, 2.05) is 45.2 Å². The van der Waals surface area contributed by atoms with Crippen molar-refractivity contribution in [2.45, 2.75) is 58.6 Å². The summed E-state index contributed by atoms with van der Waals surface area (Å²) in [5, 5.41) is 6.09. The first-order chi connectivity index (χ1) is 10.6. The lowest BCUT2D eigenvalue weighted by Gasteiger charge is -2.16. The van der Waals surface area contributed by atoms with Crippen molar-refractivity contribution >= 4 is 5.91 Å². The molecule has 1 atom stereocenters. The number of hydrogen-bond donors (Lipinski definition) is 2. The molecule has 0 fully saturated rings. The first kappa shape index (κ1) is 18.5. The second kappa shape index (κ2) is 10.2. The van der Waals surface area contributed by atoms with Crippen molar-refractivity contribution in [1.29, 1.82) is 0 Å². The molecular formula is C18H30N2O2. The summed E-state index contributed by atoms with van der Waals surface area (Å²) in [6.45, 7) is 6.93. The van der Waals surface area contributed by atoms with Crippen molar-refractivity contribution in [2.24, 2.45) is 0 Å². The summed E-state index contributed by atoms with van der Waals surface area (Å²) in [6.07, 6.45) is 4.21. The Bertz CT molecular complexity index is 429. The first-order valence-corrected chi connectivity index (χ1v) is 8.27. The molecule has 0 saturated heterocycles. The van der Waals surface area contributed by atoms with Crippen LogP contribution in [0.15, 0.2) is 24.3 Å². The molecule has 1 aromatic rings. The average Bonchev–Trinajstić information content (AvgIpc) is 2.50. The van der Waals surface area contributed by atoms with Gasteiger partial charge in [-0.3, -0.25) is 4.79 Å². The van der Waals surface area contributed by atoms with Crippen LogP contribution in [0, 0.1) is 0 Å². The normalized spacial score (nSPS) is 12.2. The zero-order valence-electron chi connectivity index (χ0n) is 14.3. The summed E-state index contributed by atoms with van der Waals surface area (Å²) in [4.78, 5) is 12.2. The fourth-order valence-corrected chi connectivity index (χ4v) is 2.25. The Kier molecular flexibility index (Phi) is 8.60. The van der Waals surface area contributed by atoms with E-state index >= 15 is 0 Å². The van der Waals surface area contributed by atoms with Gasteiger partial charge in [-0.15, -0.1) is 0 Å². The predicted molar refractivity (Wildman–Crippen MR) is 91.3 cm³/mol. The summed E-state index contributed by atoms with van der Waals surface area (Å²) in [7, 11) is 1.83. The van der Waals surface area contributed by atoms with Crippen LogP contribution in [0.25, 0.3) is 0 Å². The second-order valence-corrected chi connectivity index (χ2v) is 5.85. The Morgan fingerprint density at radius 2 is 1.86 bits per heavy atom. The lowest BCUT2D eigenvalue weighted by molar-refractivity contribution is -0.123. The third kappa shape index (κ3) is 6.94. The van der Waals surface area contributed by atoms with Crippen LogP contribution in [0.3, 0.4) is 0 Å². The van der Waals surface area contributed by atoms with E-state index in [1.165, 1.54) is 0 Å². The quantitative estimate of drug-likeness (QED) is 0.654. The highest BCUT2D eigenvalue weighted by molar-refractivity contribution is 5.82. The van der Waals surface area contributed by atoms with E-state index in [-0.39, 0.29) is 18.1 Å². The maximum Gasteiger partial charge on any atom is 0.237 e. The number of nitrogens with one attached hydrogen (secondary N) is 2. The van der Waals surface area contributed by atoms with Gasteiger partial charge in [0.05, 0.1) is 12.1 Å². The number of carbonyl (C=O) groups is 1. The SMILES string of the molecule is CCCCCNC(=O)[C@H](Cc1ccc(OC(C)C)cc1)NC. The van der Waals surface area contributed by atoms with Crippen LogP contribution < -0.4 is 15.4 Å². The predicted octanol–water partition coefficient (Wildman–Crippen LogP) is 2.91. The number of ether oxygens (including phenoxy) is 1. The molecule has 4 heteroatoms. The van der Waals surface area contributed by atoms with Gasteiger partial charge >= 0.3 is 0 Å². The molecule has 0 aliphatic heterocycles. The van der Waals surface area contributed by atoms with Crippen LogP contribution in [0.1, 0.15) is 45.6 Å². The molecule has 0 saturated carbocycles. The Morgan fingerprint density at radius 3 is 2.41 bits per heavy atom. The maximum atomic E-state index is 12.2. The summed E-state index contributed by atoms with van der Waals surface area (Å²) >= 11 is 0. The fourth-order valence-electron chi connectivity index (χ4n) is 2.25. The van der Waals surface area contributed by atoms with E-state index in [1.54, 1.807) is 0 Å². The fraction of sp³-hybridized carbons (Fsp3) is 0.611. The van der Waals surface area contributed by atoms with E-state index in [2.05, 4.69) is 17.6 Å². The van der Waals surface area contributed by atoms with Crippen molar-refractivity contribution in [3.63, 3.8) is 0 Å². The standard InChI is InChI=1S/C18H30N2O2/c1-5-6-7-12-20-18(21)17(19-4)13-15-8-10-16(11-9-15)22-14(2)3/h8-11,14,17,19H,5-7,12-13H2,1-4H3,(H,20,21)/t17-/m0/s1. The van der Waals surface area contributed by atoms with Gasteiger partial charge in [0.15, 0.2) is 0 Å². The molecule has 0 unspecified atom stereocenters. The topological polar surface area (TPSA) is 50.4 Å². The molecule has 1 rings (SSSR count). The molecule has 0 aromatic heterocycles. The van der Waals surface area contributed by atoms with Crippen LogP contribution in [-0.4, -0.2) is 31.6 Å². The molecule has 1 aromatic carbocycles. The van der Waals surface area contributed by atoms with E-state index in [9.17, 15) is 4.79 Å². The van der Waals surface area contributed by atoms with Crippen molar-refractivity contribution < 1.29 is 9.53 Å². The van der Waals surface area contributed by atoms with Gasteiger partial charge < -0.3 is 15.4 Å². The molecular weight excluding hydrogens is 276 g/mol. The van der Waals surface area contributed by atoms with Crippen LogP contribution >= 0.6 is 0 Å². The number of amides is 1. The highest BCUT2D eigenvalue weighted by Crippen LogP contribution is 2.15.